The Bertz CT molecular complexity index is 1170. The van der Waals surface area contributed by atoms with Crippen molar-refractivity contribution in [1.29, 1.82) is 0 Å². The summed E-state index contributed by atoms with van der Waals surface area (Å²) in [7, 11) is -3.70. The summed E-state index contributed by atoms with van der Waals surface area (Å²) < 4.78 is 27.4. The van der Waals surface area contributed by atoms with Crippen LogP contribution in [-0.4, -0.2) is 37.5 Å². The van der Waals surface area contributed by atoms with Crippen LogP contribution in [0.1, 0.15) is 11.1 Å². The van der Waals surface area contributed by atoms with Crippen LogP contribution in [0.4, 0.5) is 0 Å². The lowest BCUT2D eigenvalue weighted by Crippen LogP contribution is -2.31. The van der Waals surface area contributed by atoms with Crippen molar-refractivity contribution in [3.8, 4) is 23.0 Å². The van der Waals surface area contributed by atoms with Gasteiger partial charge in [0.05, 0.1) is 18.0 Å². The van der Waals surface area contributed by atoms with E-state index in [0.717, 1.165) is 22.3 Å². The van der Waals surface area contributed by atoms with E-state index >= 15 is 0 Å². The fourth-order valence-electron chi connectivity index (χ4n) is 2.98. The monoisotopic (exact) mass is 431 g/mol. The highest BCUT2D eigenvalue weighted by Gasteiger charge is 2.22. The van der Waals surface area contributed by atoms with E-state index in [1.165, 1.54) is 10.4 Å². The second-order valence-corrected chi connectivity index (χ2v) is 8.95. The summed E-state index contributed by atoms with van der Waals surface area (Å²) in [5.74, 6) is 6.02. The molecule has 0 heterocycles. The van der Waals surface area contributed by atoms with E-state index in [1.807, 2.05) is 61.5 Å². The number of sulfonamides is 1. The molecule has 158 valence electrons. The van der Waals surface area contributed by atoms with E-state index in [9.17, 15) is 8.42 Å². The van der Waals surface area contributed by atoms with E-state index < -0.39 is 10.0 Å². The summed E-state index contributed by atoms with van der Waals surface area (Å²) in [4.78, 5) is 0.226. The van der Waals surface area contributed by atoms with Gasteiger partial charge in [0.2, 0.25) is 10.0 Å². The van der Waals surface area contributed by atoms with Crippen LogP contribution < -0.4 is 0 Å². The number of rotatable bonds is 7. The third kappa shape index (κ3) is 6.16. The minimum Gasteiger partial charge on any atom is -0.392 e. The van der Waals surface area contributed by atoms with Gasteiger partial charge in [-0.15, -0.1) is 0 Å². The largest absolute Gasteiger partial charge is 0.392 e. The Balaban J connectivity index is 1.77. The van der Waals surface area contributed by atoms with Crippen molar-refractivity contribution in [3.63, 3.8) is 0 Å². The minimum atomic E-state index is -3.70. The number of benzene rings is 3. The van der Waals surface area contributed by atoms with Crippen molar-refractivity contribution < 1.29 is 13.5 Å². The zero-order valence-corrected chi connectivity index (χ0v) is 18.2. The highest BCUT2D eigenvalue weighted by molar-refractivity contribution is 7.89. The van der Waals surface area contributed by atoms with Crippen LogP contribution in [0, 0.1) is 18.8 Å². The van der Waals surface area contributed by atoms with Gasteiger partial charge in [0.1, 0.15) is 0 Å². The lowest BCUT2D eigenvalue weighted by Gasteiger charge is -2.18. The Kier molecular flexibility index (Phi) is 7.80. The minimum absolute atomic E-state index is 0.0480. The molecule has 0 atom stereocenters. The predicted octanol–water partition coefficient (Wildman–Crippen LogP) is 4.25. The van der Waals surface area contributed by atoms with Crippen LogP contribution in [0.5, 0.6) is 0 Å². The van der Waals surface area contributed by atoms with E-state index in [2.05, 4.69) is 11.8 Å². The number of hydrogen-bond acceptors (Lipinski definition) is 3. The van der Waals surface area contributed by atoms with Gasteiger partial charge in [-0.2, -0.15) is 4.31 Å². The first kappa shape index (κ1) is 22.5. The van der Waals surface area contributed by atoms with Crippen molar-refractivity contribution in [2.24, 2.45) is 0 Å². The molecule has 0 aliphatic rings. The number of hydrogen-bond donors (Lipinski definition) is 1. The summed E-state index contributed by atoms with van der Waals surface area (Å²) in [5, 5.41) is 8.98. The summed E-state index contributed by atoms with van der Waals surface area (Å²) in [6, 6.07) is 24.7. The number of nitrogens with zero attached hydrogens (tertiary/aromatic N) is 1. The standard InChI is InChI=1S/C26H25NO3S/c1-22-11-17-26(18-12-22)31(29,30)27(19-5-6-21-28)20-7-8-23-13-15-25(16-14-23)24-9-3-2-4-10-24/h2-6,9-18,28H,19-21H2,1H3/b6-5-. The average molecular weight is 432 g/mol. The molecule has 0 bridgehead atoms. The maximum Gasteiger partial charge on any atom is 0.244 e. The smallest absolute Gasteiger partial charge is 0.244 e. The Labute approximate surface area is 184 Å². The highest BCUT2D eigenvalue weighted by Crippen LogP contribution is 2.19. The summed E-state index contributed by atoms with van der Waals surface area (Å²) >= 11 is 0. The normalized spacial score (nSPS) is 11.5. The first-order valence-corrected chi connectivity index (χ1v) is 11.4. The molecule has 0 aromatic heterocycles. The fraction of sp³-hybridized carbons (Fsp3) is 0.154. The molecule has 0 aliphatic carbocycles. The van der Waals surface area contributed by atoms with Crippen molar-refractivity contribution in [3.05, 3.63) is 102 Å². The molecule has 3 aromatic rings. The molecule has 0 spiro atoms. The molecule has 0 aliphatic heterocycles. The second kappa shape index (κ2) is 10.7. The number of aliphatic hydroxyl groups is 1. The third-order valence-electron chi connectivity index (χ3n) is 4.72. The molecule has 31 heavy (non-hydrogen) atoms. The Morgan fingerprint density at radius 1 is 0.871 bits per heavy atom. The van der Waals surface area contributed by atoms with Gasteiger partial charge in [-0.25, -0.2) is 8.42 Å². The van der Waals surface area contributed by atoms with Crippen LogP contribution in [0.3, 0.4) is 0 Å². The molecule has 3 aromatic carbocycles. The number of aryl methyl sites for hydroxylation is 1. The maximum atomic E-state index is 13.0. The summed E-state index contributed by atoms with van der Waals surface area (Å²) in [6.07, 6.45) is 3.15. The Morgan fingerprint density at radius 2 is 1.52 bits per heavy atom. The van der Waals surface area contributed by atoms with Crippen LogP contribution in [0.25, 0.3) is 11.1 Å². The van der Waals surface area contributed by atoms with E-state index in [1.54, 1.807) is 30.3 Å². The summed E-state index contributed by atoms with van der Waals surface area (Å²) in [5.41, 5.74) is 4.04. The Hall–Kier alpha value is -3.17. The molecular weight excluding hydrogens is 406 g/mol. The van der Waals surface area contributed by atoms with Gasteiger partial charge in [-0.1, -0.05) is 84.2 Å². The van der Waals surface area contributed by atoms with Crippen molar-refractivity contribution >= 4 is 10.0 Å². The van der Waals surface area contributed by atoms with Crippen LogP contribution >= 0.6 is 0 Å². The topological polar surface area (TPSA) is 57.6 Å². The molecule has 0 saturated heterocycles. The summed E-state index contributed by atoms with van der Waals surface area (Å²) in [6.45, 7) is 1.95. The van der Waals surface area contributed by atoms with Gasteiger partial charge in [0.25, 0.3) is 0 Å². The van der Waals surface area contributed by atoms with Crippen LogP contribution in [0.2, 0.25) is 0 Å². The van der Waals surface area contributed by atoms with Crippen molar-refractivity contribution in [2.45, 2.75) is 11.8 Å². The van der Waals surface area contributed by atoms with Crippen molar-refractivity contribution in [2.75, 3.05) is 19.7 Å². The third-order valence-corrected chi connectivity index (χ3v) is 6.55. The molecule has 1 N–H and O–H groups in total. The van der Waals surface area contributed by atoms with Gasteiger partial charge in [0.15, 0.2) is 0 Å². The zero-order chi connectivity index (χ0) is 22.1. The molecule has 0 fully saturated rings. The second-order valence-electron chi connectivity index (χ2n) is 7.01. The average Bonchev–Trinajstić information content (AvgIpc) is 2.79. The van der Waals surface area contributed by atoms with Gasteiger partial charge >= 0.3 is 0 Å². The van der Waals surface area contributed by atoms with E-state index in [4.69, 9.17) is 5.11 Å². The van der Waals surface area contributed by atoms with Crippen LogP contribution in [-0.2, 0) is 10.0 Å². The molecule has 0 amide bonds. The lowest BCUT2D eigenvalue weighted by molar-refractivity contribution is 0.342. The molecular formula is C26H25NO3S. The van der Waals surface area contributed by atoms with Crippen molar-refractivity contribution in [1.82, 2.24) is 4.31 Å². The molecule has 0 saturated carbocycles. The van der Waals surface area contributed by atoms with Gasteiger partial charge < -0.3 is 5.11 Å². The maximum absolute atomic E-state index is 13.0. The molecule has 0 unspecified atom stereocenters. The lowest BCUT2D eigenvalue weighted by atomic mass is 10.0. The molecule has 3 rings (SSSR count). The van der Waals surface area contributed by atoms with Crippen LogP contribution in [0.15, 0.2) is 95.9 Å². The molecule has 5 heteroatoms. The SMILES string of the molecule is Cc1ccc(S(=O)(=O)N(CC#Cc2ccc(-c3ccccc3)cc2)C/C=C\CO)cc1. The quantitative estimate of drug-likeness (QED) is 0.449. The van der Waals surface area contributed by atoms with Gasteiger partial charge in [-0.05, 0) is 42.3 Å². The van der Waals surface area contributed by atoms with E-state index in [-0.39, 0.29) is 24.6 Å². The first-order valence-electron chi connectivity index (χ1n) is 9.98. The molecule has 0 radical (unpaired) electrons. The van der Waals surface area contributed by atoms with E-state index in [0.29, 0.717) is 0 Å². The fourth-order valence-corrected chi connectivity index (χ4v) is 4.27. The van der Waals surface area contributed by atoms with Gasteiger partial charge in [-0.3, -0.25) is 0 Å². The zero-order valence-electron chi connectivity index (χ0n) is 17.4. The number of aliphatic hydroxyl groups excluding tert-OH is 1. The van der Waals surface area contributed by atoms with Gasteiger partial charge in [0, 0.05) is 12.1 Å². The Morgan fingerprint density at radius 3 is 2.16 bits per heavy atom. The molecule has 4 nitrogen and oxygen atoms in total. The first-order chi connectivity index (χ1) is 15.0. The predicted molar refractivity (Wildman–Crippen MR) is 125 cm³/mol. The highest BCUT2D eigenvalue weighted by atomic mass is 32.2.